The van der Waals surface area contributed by atoms with Crippen molar-refractivity contribution in [2.24, 2.45) is 0 Å². The standard InChI is InChI=1S/C21H39N3O3/c1-2-3-4-11-19(25)21(27)18-10-7-9-17-16-20(26)23-14-6-5-12-22-13-8-15-24(17)18/h7,10,17-19,21-22,25,27H,2-6,8-9,11-16H2,1H3,(H,23,26)/t17-,18?,19+,21-/m1/s1. The van der Waals surface area contributed by atoms with E-state index >= 15 is 0 Å². The minimum atomic E-state index is -0.812. The third-order valence-corrected chi connectivity index (χ3v) is 5.73. The van der Waals surface area contributed by atoms with E-state index in [1.165, 1.54) is 0 Å². The minimum absolute atomic E-state index is 0.0817. The first-order valence-corrected chi connectivity index (χ1v) is 10.9. The van der Waals surface area contributed by atoms with Crippen LogP contribution in [0, 0.1) is 0 Å². The summed E-state index contributed by atoms with van der Waals surface area (Å²) < 4.78 is 0. The molecule has 2 aliphatic heterocycles. The third-order valence-electron chi connectivity index (χ3n) is 5.73. The van der Waals surface area contributed by atoms with Crippen molar-refractivity contribution >= 4 is 5.91 Å². The number of hydrogen-bond acceptors (Lipinski definition) is 5. The van der Waals surface area contributed by atoms with Gasteiger partial charge in [-0.1, -0.05) is 38.3 Å². The van der Waals surface area contributed by atoms with E-state index in [0.717, 1.165) is 71.1 Å². The molecule has 156 valence electrons. The van der Waals surface area contributed by atoms with Gasteiger partial charge in [0.2, 0.25) is 5.91 Å². The lowest BCUT2D eigenvalue weighted by Crippen LogP contribution is -2.54. The molecular formula is C21H39N3O3. The summed E-state index contributed by atoms with van der Waals surface area (Å²) in [5, 5.41) is 27.8. The zero-order valence-corrected chi connectivity index (χ0v) is 16.9. The van der Waals surface area contributed by atoms with E-state index in [4.69, 9.17) is 0 Å². The maximum Gasteiger partial charge on any atom is 0.221 e. The topological polar surface area (TPSA) is 84.8 Å². The van der Waals surface area contributed by atoms with E-state index < -0.39 is 12.2 Å². The number of nitrogens with zero attached hydrogens (tertiary/aromatic N) is 1. The Kier molecular flexibility index (Phi) is 10.3. The summed E-state index contributed by atoms with van der Waals surface area (Å²) >= 11 is 0. The molecular weight excluding hydrogens is 342 g/mol. The van der Waals surface area contributed by atoms with Crippen LogP contribution in [0.5, 0.6) is 0 Å². The van der Waals surface area contributed by atoms with Crippen LogP contribution < -0.4 is 10.6 Å². The van der Waals surface area contributed by atoms with E-state index in [2.05, 4.69) is 28.5 Å². The molecule has 6 nitrogen and oxygen atoms in total. The maximum atomic E-state index is 12.3. The molecule has 4 N–H and O–H groups in total. The highest BCUT2D eigenvalue weighted by atomic mass is 16.3. The lowest BCUT2D eigenvalue weighted by Gasteiger charge is -2.42. The van der Waals surface area contributed by atoms with E-state index in [0.29, 0.717) is 12.8 Å². The molecule has 2 rings (SSSR count). The molecule has 0 saturated carbocycles. The second-order valence-electron chi connectivity index (χ2n) is 7.96. The van der Waals surface area contributed by atoms with Crippen LogP contribution in [0.25, 0.3) is 0 Å². The highest BCUT2D eigenvalue weighted by Crippen LogP contribution is 2.25. The number of amides is 1. The van der Waals surface area contributed by atoms with Crippen molar-refractivity contribution in [1.82, 2.24) is 15.5 Å². The summed E-state index contributed by atoms with van der Waals surface area (Å²) in [6.45, 7) is 5.59. The highest BCUT2D eigenvalue weighted by Gasteiger charge is 2.35. The molecule has 4 atom stereocenters. The molecule has 0 aromatic rings. The Morgan fingerprint density at radius 3 is 2.78 bits per heavy atom. The van der Waals surface area contributed by atoms with Crippen molar-refractivity contribution in [1.29, 1.82) is 0 Å². The molecule has 1 unspecified atom stereocenters. The first-order chi connectivity index (χ1) is 13.1. The maximum absolute atomic E-state index is 12.3. The second kappa shape index (κ2) is 12.5. The van der Waals surface area contributed by atoms with E-state index in [9.17, 15) is 15.0 Å². The zero-order valence-electron chi connectivity index (χ0n) is 16.9. The Hall–Kier alpha value is -0.950. The van der Waals surface area contributed by atoms with Gasteiger partial charge in [0.15, 0.2) is 0 Å². The molecule has 0 aliphatic carbocycles. The van der Waals surface area contributed by atoms with Gasteiger partial charge in [-0.2, -0.15) is 0 Å². The van der Waals surface area contributed by atoms with Gasteiger partial charge in [-0.25, -0.2) is 0 Å². The first-order valence-electron chi connectivity index (χ1n) is 10.9. The minimum Gasteiger partial charge on any atom is -0.390 e. The summed E-state index contributed by atoms with van der Waals surface area (Å²) in [5.74, 6) is 0.0873. The van der Waals surface area contributed by atoms with E-state index in [1.54, 1.807) is 0 Å². The van der Waals surface area contributed by atoms with Gasteiger partial charge in [0.25, 0.3) is 0 Å². The van der Waals surface area contributed by atoms with Gasteiger partial charge in [-0.15, -0.1) is 0 Å². The van der Waals surface area contributed by atoms with E-state index in [-0.39, 0.29) is 18.0 Å². The van der Waals surface area contributed by atoms with Crippen LogP contribution in [0.2, 0.25) is 0 Å². The van der Waals surface area contributed by atoms with Crippen molar-refractivity contribution in [2.75, 3.05) is 26.2 Å². The van der Waals surface area contributed by atoms with Crippen molar-refractivity contribution in [3.05, 3.63) is 12.2 Å². The fourth-order valence-electron chi connectivity index (χ4n) is 4.11. The zero-order chi connectivity index (χ0) is 19.5. The molecule has 6 heteroatoms. The number of unbranched alkanes of at least 4 members (excludes halogenated alkanes) is 2. The van der Waals surface area contributed by atoms with Gasteiger partial charge < -0.3 is 20.8 Å². The smallest absolute Gasteiger partial charge is 0.221 e. The number of rotatable bonds is 6. The molecule has 0 radical (unpaired) electrons. The predicted molar refractivity (Wildman–Crippen MR) is 109 cm³/mol. The Balaban J connectivity index is 2.04. The van der Waals surface area contributed by atoms with Crippen LogP contribution >= 0.6 is 0 Å². The molecule has 1 saturated heterocycles. The number of carbonyl (C=O) groups excluding carboxylic acids is 1. The molecule has 1 fully saturated rings. The van der Waals surface area contributed by atoms with Crippen LogP contribution in [-0.2, 0) is 4.79 Å². The summed E-state index contributed by atoms with van der Waals surface area (Å²) in [6.07, 6.45) is 10.6. The van der Waals surface area contributed by atoms with Gasteiger partial charge in [-0.05, 0) is 45.2 Å². The Labute approximate surface area is 164 Å². The van der Waals surface area contributed by atoms with Crippen LogP contribution in [0.15, 0.2) is 12.2 Å². The number of aliphatic hydroxyl groups is 2. The quantitative estimate of drug-likeness (QED) is 0.415. The average Bonchev–Trinajstić information content (AvgIpc) is 2.68. The number of aliphatic hydroxyl groups excluding tert-OH is 2. The predicted octanol–water partition coefficient (Wildman–Crippen LogP) is 1.57. The lowest BCUT2D eigenvalue weighted by molar-refractivity contribution is -0.123. The molecule has 27 heavy (non-hydrogen) atoms. The van der Waals surface area contributed by atoms with Crippen LogP contribution in [0.1, 0.15) is 64.7 Å². The van der Waals surface area contributed by atoms with Crippen molar-refractivity contribution in [3.63, 3.8) is 0 Å². The van der Waals surface area contributed by atoms with Gasteiger partial charge in [0, 0.05) is 25.6 Å². The fraction of sp³-hybridized carbons (Fsp3) is 0.857. The van der Waals surface area contributed by atoms with Gasteiger partial charge in [-0.3, -0.25) is 9.69 Å². The molecule has 2 heterocycles. The summed E-state index contributed by atoms with van der Waals surface area (Å²) in [5.41, 5.74) is 0. The Morgan fingerprint density at radius 2 is 1.96 bits per heavy atom. The van der Waals surface area contributed by atoms with Gasteiger partial charge >= 0.3 is 0 Å². The van der Waals surface area contributed by atoms with Gasteiger partial charge in [0.1, 0.15) is 0 Å². The van der Waals surface area contributed by atoms with Crippen LogP contribution in [0.4, 0.5) is 0 Å². The molecule has 2 aliphatic rings. The number of carbonyl (C=O) groups is 1. The summed E-state index contributed by atoms with van der Waals surface area (Å²) in [4.78, 5) is 14.6. The molecule has 0 aromatic carbocycles. The Morgan fingerprint density at radius 1 is 1.19 bits per heavy atom. The lowest BCUT2D eigenvalue weighted by atomic mass is 9.92. The largest absolute Gasteiger partial charge is 0.390 e. The third kappa shape index (κ3) is 7.53. The normalized spacial score (nSPS) is 28.2. The van der Waals surface area contributed by atoms with Crippen LogP contribution in [-0.4, -0.2) is 71.5 Å². The molecule has 0 aromatic heterocycles. The van der Waals surface area contributed by atoms with E-state index in [1.807, 2.05) is 6.08 Å². The monoisotopic (exact) mass is 381 g/mol. The molecule has 0 spiro atoms. The second-order valence-corrected chi connectivity index (χ2v) is 7.96. The highest BCUT2D eigenvalue weighted by molar-refractivity contribution is 5.76. The summed E-state index contributed by atoms with van der Waals surface area (Å²) in [6, 6.07) is -0.142. The Bertz CT molecular complexity index is 458. The average molecular weight is 382 g/mol. The molecule has 0 bridgehead atoms. The summed E-state index contributed by atoms with van der Waals surface area (Å²) in [7, 11) is 0. The number of nitrogens with one attached hydrogen (secondary N) is 2. The number of hydrogen-bond donors (Lipinski definition) is 4. The molecule has 1 amide bonds. The number of fused-ring (bicyclic) bond motifs is 1. The fourth-order valence-corrected chi connectivity index (χ4v) is 4.11. The SMILES string of the molecule is CCCCC[C@H](O)[C@H](O)C1C=CC[C@@H]2CC(=O)NCCCCNCCCN12. The van der Waals surface area contributed by atoms with Crippen molar-refractivity contribution in [3.8, 4) is 0 Å². The van der Waals surface area contributed by atoms with Crippen LogP contribution in [0.3, 0.4) is 0 Å². The first kappa shape index (κ1) is 22.3. The van der Waals surface area contributed by atoms with Crippen molar-refractivity contribution < 1.29 is 15.0 Å². The van der Waals surface area contributed by atoms with Gasteiger partial charge in [0.05, 0.1) is 18.2 Å². The van der Waals surface area contributed by atoms with Crippen molar-refractivity contribution in [2.45, 2.75) is 89.0 Å².